The largest absolute Gasteiger partial charge is 0.481 e. The molecule has 0 spiro atoms. The lowest BCUT2D eigenvalue weighted by atomic mass is 9.98. The summed E-state index contributed by atoms with van der Waals surface area (Å²) >= 11 is 0. The first kappa shape index (κ1) is 14.7. The number of rotatable bonds is 7. The van der Waals surface area contributed by atoms with Gasteiger partial charge in [0.15, 0.2) is 0 Å². The Bertz CT molecular complexity index is 245. The van der Waals surface area contributed by atoms with Crippen molar-refractivity contribution >= 4 is 12.0 Å². The molecule has 0 aliphatic carbocycles. The molecule has 16 heavy (non-hydrogen) atoms. The normalized spacial score (nSPS) is 13.9. The first-order valence-electron chi connectivity index (χ1n) is 5.32. The van der Waals surface area contributed by atoms with Gasteiger partial charge in [-0.3, -0.25) is 4.79 Å². The zero-order chi connectivity index (χ0) is 12.6. The molecule has 4 N–H and O–H groups in total. The number of carboxylic acids is 1. The number of nitrogens with one attached hydrogen (secondary N) is 2. The summed E-state index contributed by atoms with van der Waals surface area (Å²) < 4.78 is 0. The molecule has 0 saturated heterocycles. The Kier molecular flexibility index (Phi) is 6.48. The molecule has 0 fully saturated rings. The van der Waals surface area contributed by atoms with Crippen molar-refractivity contribution in [3.63, 3.8) is 0 Å². The Morgan fingerprint density at radius 3 is 2.44 bits per heavy atom. The number of aliphatic hydroxyl groups excluding tert-OH is 1. The fourth-order valence-corrected chi connectivity index (χ4v) is 1.33. The zero-order valence-electron chi connectivity index (χ0n) is 9.75. The molecule has 0 heterocycles. The van der Waals surface area contributed by atoms with Crippen LogP contribution >= 0.6 is 0 Å². The number of urea groups is 1. The van der Waals surface area contributed by atoms with Gasteiger partial charge in [-0.15, -0.1) is 0 Å². The summed E-state index contributed by atoms with van der Waals surface area (Å²) in [4.78, 5) is 21.6. The van der Waals surface area contributed by atoms with Gasteiger partial charge in [-0.2, -0.15) is 0 Å². The van der Waals surface area contributed by atoms with E-state index in [0.717, 1.165) is 6.42 Å². The van der Waals surface area contributed by atoms with Crippen LogP contribution in [0.1, 0.15) is 33.1 Å². The van der Waals surface area contributed by atoms with Gasteiger partial charge >= 0.3 is 12.0 Å². The molecule has 0 aromatic heterocycles. The molecule has 0 aliphatic heterocycles. The summed E-state index contributed by atoms with van der Waals surface area (Å²) in [7, 11) is 0. The SMILES string of the molecule is CCCC(C)(CO)NC(=O)NCCC(=O)O. The second-order valence-corrected chi connectivity index (χ2v) is 3.99. The van der Waals surface area contributed by atoms with Crippen LogP contribution in [0.25, 0.3) is 0 Å². The van der Waals surface area contributed by atoms with Gasteiger partial charge in [-0.1, -0.05) is 13.3 Å². The van der Waals surface area contributed by atoms with Crippen molar-refractivity contribution in [1.82, 2.24) is 10.6 Å². The quantitative estimate of drug-likeness (QED) is 0.507. The van der Waals surface area contributed by atoms with Gasteiger partial charge in [0, 0.05) is 6.54 Å². The van der Waals surface area contributed by atoms with Gasteiger partial charge in [0.25, 0.3) is 0 Å². The van der Waals surface area contributed by atoms with E-state index in [4.69, 9.17) is 10.2 Å². The summed E-state index contributed by atoms with van der Waals surface area (Å²) in [6, 6.07) is -0.453. The average molecular weight is 232 g/mol. The molecule has 1 atom stereocenters. The van der Waals surface area contributed by atoms with Crippen molar-refractivity contribution in [2.24, 2.45) is 0 Å². The second-order valence-electron chi connectivity index (χ2n) is 3.99. The predicted molar refractivity (Wildman–Crippen MR) is 59.2 cm³/mol. The van der Waals surface area contributed by atoms with E-state index < -0.39 is 17.5 Å². The van der Waals surface area contributed by atoms with Crippen LogP contribution in [0.15, 0.2) is 0 Å². The number of carboxylic acid groups (broad SMARTS) is 1. The van der Waals surface area contributed by atoms with Crippen molar-refractivity contribution in [1.29, 1.82) is 0 Å². The molecular weight excluding hydrogens is 212 g/mol. The number of hydrogen-bond donors (Lipinski definition) is 4. The fourth-order valence-electron chi connectivity index (χ4n) is 1.33. The third-order valence-corrected chi connectivity index (χ3v) is 2.19. The van der Waals surface area contributed by atoms with Crippen molar-refractivity contribution < 1.29 is 19.8 Å². The van der Waals surface area contributed by atoms with Crippen LogP contribution < -0.4 is 10.6 Å². The van der Waals surface area contributed by atoms with Gasteiger partial charge < -0.3 is 20.8 Å². The molecule has 1 unspecified atom stereocenters. The number of carbonyl (C=O) groups excluding carboxylic acids is 1. The summed E-state index contributed by atoms with van der Waals surface area (Å²) in [6.07, 6.45) is 1.39. The molecule has 0 bridgehead atoms. The summed E-state index contributed by atoms with van der Waals surface area (Å²) in [6.45, 7) is 3.63. The minimum Gasteiger partial charge on any atom is -0.481 e. The molecule has 6 nitrogen and oxygen atoms in total. The number of aliphatic hydroxyl groups is 1. The van der Waals surface area contributed by atoms with E-state index in [1.54, 1.807) is 6.92 Å². The summed E-state index contributed by atoms with van der Waals surface area (Å²) in [5.74, 6) is -0.959. The highest BCUT2D eigenvalue weighted by molar-refractivity contribution is 5.75. The number of amides is 2. The first-order valence-corrected chi connectivity index (χ1v) is 5.32. The smallest absolute Gasteiger partial charge is 0.315 e. The number of hydrogen-bond acceptors (Lipinski definition) is 3. The lowest BCUT2D eigenvalue weighted by Gasteiger charge is -2.28. The van der Waals surface area contributed by atoms with Crippen LogP contribution in [-0.4, -0.2) is 40.9 Å². The monoisotopic (exact) mass is 232 g/mol. The molecule has 0 aliphatic rings. The van der Waals surface area contributed by atoms with Crippen LogP contribution in [0, 0.1) is 0 Å². The first-order chi connectivity index (χ1) is 7.43. The number of carbonyl (C=O) groups is 2. The Morgan fingerprint density at radius 1 is 1.38 bits per heavy atom. The third-order valence-electron chi connectivity index (χ3n) is 2.19. The van der Waals surface area contributed by atoms with Crippen molar-refractivity contribution in [2.75, 3.05) is 13.2 Å². The maximum absolute atomic E-state index is 11.3. The third kappa shape index (κ3) is 6.23. The van der Waals surface area contributed by atoms with Crippen LogP contribution in [-0.2, 0) is 4.79 Å². The lowest BCUT2D eigenvalue weighted by Crippen LogP contribution is -2.52. The van der Waals surface area contributed by atoms with E-state index >= 15 is 0 Å². The fraction of sp³-hybridized carbons (Fsp3) is 0.800. The average Bonchev–Trinajstić information content (AvgIpc) is 2.17. The standard InChI is InChI=1S/C10H20N2O4/c1-3-5-10(2,7-13)12-9(16)11-6-4-8(14)15/h13H,3-7H2,1-2H3,(H,14,15)(H2,11,12,16). The Hall–Kier alpha value is -1.30. The topological polar surface area (TPSA) is 98.7 Å². The highest BCUT2D eigenvalue weighted by Gasteiger charge is 2.24. The van der Waals surface area contributed by atoms with Gasteiger partial charge in [0.2, 0.25) is 0 Å². The zero-order valence-corrected chi connectivity index (χ0v) is 9.75. The highest BCUT2D eigenvalue weighted by Crippen LogP contribution is 2.10. The van der Waals surface area contributed by atoms with Gasteiger partial charge in [-0.25, -0.2) is 4.79 Å². The van der Waals surface area contributed by atoms with E-state index in [9.17, 15) is 9.59 Å². The minimum absolute atomic E-state index is 0.0782. The molecule has 0 saturated carbocycles. The molecule has 0 rings (SSSR count). The Labute approximate surface area is 95.0 Å². The highest BCUT2D eigenvalue weighted by atomic mass is 16.4. The van der Waals surface area contributed by atoms with E-state index in [-0.39, 0.29) is 19.6 Å². The lowest BCUT2D eigenvalue weighted by molar-refractivity contribution is -0.136. The van der Waals surface area contributed by atoms with E-state index in [1.165, 1.54) is 0 Å². The molecule has 0 radical (unpaired) electrons. The second kappa shape index (κ2) is 7.05. The van der Waals surface area contributed by atoms with Gasteiger partial charge in [-0.05, 0) is 13.3 Å². The van der Waals surface area contributed by atoms with E-state index in [2.05, 4.69) is 10.6 Å². The Morgan fingerprint density at radius 2 is 2.00 bits per heavy atom. The molecule has 94 valence electrons. The van der Waals surface area contributed by atoms with E-state index in [0.29, 0.717) is 6.42 Å². The number of aliphatic carboxylic acids is 1. The van der Waals surface area contributed by atoms with Crippen LogP contribution in [0.2, 0.25) is 0 Å². The van der Waals surface area contributed by atoms with Crippen molar-refractivity contribution in [3.05, 3.63) is 0 Å². The Balaban J connectivity index is 3.96. The maximum atomic E-state index is 11.3. The van der Waals surface area contributed by atoms with Gasteiger partial charge in [0.05, 0.1) is 18.6 Å². The summed E-state index contributed by atoms with van der Waals surface area (Å²) in [5, 5.41) is 22.6. The molecule has 0 aromatic carbocycles. The molecular formula is C10H20N2O4. The molecule has 6 heteroatoms. The van der Waals surface area contributed by atoms with Crippen LogP contribution in [0.5, 0.6) is 0 Å². The molecule has 0 aromatic rings. The summed E-state index contributed by atoms with van der Waals surface area (Å²) in [5.41, 5.74) is -0.651. The van der Waals surface area contributed by atoms with Crippen LogP contribution in [0.3, 0.4) is 0 Å². The van der Waals surface area contributed by atoms with Gasteiger partial charge in [0.1, 0.15) is 0 Å². The minimum atomic E-state index is -0.959. The van der Waals surface area contributed by atoms with Crippen LogP contribution in [0.4, 0.5) is 4.79 Å². The van der Waals surface area contributed by atoms with Crippen molar-refractivity contribution in [2.45, 2.75) is 38.6 Å². The molecule has 2 amide bonds. The van der Waals surface area contributed by atoms with E-state index in [1.807, 2.05) is 6.92 Å². The maximum Gasteiger partial charge on any atom is 0.315 e. The predicted octanol–water partition coefficient (Wildman–Crippen LogP) is 0.311. The van der Waals surface area contributed by atoms with Crippen molar-refractivity contribution in [3.8, 4) is 0 Å².